The Hall–Kier alpha value is -1.66. The molecule has 16 heavy (non-hydrogen) atoms. The van der Waals surface area contributed by atoms with Crippen LogP contribution in [-0.4, -0.2) is 11.1 Å². The number of carbonyl (C=O) groups is 1. The molecule has 1 rings (SSSR count). The molecule has 0 bridgehead atoms. The van der Waals surface area contributed by atoms with Crippen LogP contribution in [0.3, 0.4) is 0 Å². The van der Waals surface area contributed by atoms with Crippen molar-refractivity contribution < 1.29 is 9.90 Å². The van der Waals surface area contributed by atoms with Crippen molar-refractivity contribution in [3.05, 3.63) is 28.8 Å². The maximum absolute atomic E-state index is 10.2. The number of carboxylic acid groups (broad SMARTS) is 1. The van der Waals surface area contributed by atoms with Gasteiger partial charge in [0.1, 0.15) is 0 Å². The van der Waals surface area contributed by atoms with Crippen molar-refractivity contribution in [3.8, 4) is 11.8 Å². The first-order valence-electron chi connectivity index (χ1n) is 4.85. The molecule has 0 aliphatic carbocycles. The summed E-state index contributed by atoms with van der Waals surface area (Å²) in [5, 5.41) is 9.01. The third-order valence-electron chi connectivity index (χ3n) is 1.93. The van der Waals surface area contributed by atoms with Gasteiger partial charge < -0.3 is 10.8 Å². The number of unbranched alkanes of at least 4 members (excludes halogenated alkanes) is 1. The van der Waals surface area contributed by atoms with Crippen molar-refractivity contribution in [2.45, 2.75) is 19.3 Å². The zero-order chi connectivity index (χ0) is 12.0. The van der Waals surface area contributed by atoms with Crippen LogP contribution in [0.25, 0.3) is 0 Å². The average Bonchev–Trinajstić information content (AvgIpc) is 2.22. The molecule has 0 unspecified atom stereocenters. The lowest BCUT2D eigenvalue weighted by Crippen LogP contribution is -1.92. The molecule has 84 valence electrons. The van der Waals surface area contributed by atoms with E-state index in [4.69, 9.17) is 22.4 Å². The van der Waals surface area contributed by atoms with E-state index >= 15 is 0 Å². The standard InChI is InChI=1S/C12H12ClNO2/c13-10-6-7-11(14)9(8-10)4-2-1-3-5-12(15)16/h6-8H,1,3,5,14H2,(H,15,16). The minimum absolute atomic E-state index is 0.139. The van der Waals surface area contributed by atoms with E-state index in [2.05, 4.69) is 11.8 Å². The average molecular weight is 238 g/mol. The second-order valence-corrected chi connectivity index (χ2v) is 3.72. The van der Waals surface area contributed by atoms with Gasteiger partial charge in [-0.2, -0.15) is 0 Å². The Morgan fingerprint density at radius 1 is 1.50 bits per heavy atom. The van der Waals surface area contributed by atoms with Crippen molar-refractivity contribution in [1.82, 2.24) is 0 Å². The molecule has 0 aliphatic rings. The van der Waals surface area contributed by atoms with Crippen molar-refractivity contribution in [3.63, 3.8) is 0 Å². The Bertz CT molecular complexity index is 446. The SMILES string of the molecule is Nc1ccc(Cl)cc1C#CCCCC(=O)O. The van der Waals surface area contributed by atoms with Crippen molar-refractivity contribution in [2.24, 2.45) is 0 Å². The first-order chi connectivity index (χ1) is 7.59. The molecule has 0 amide bonds. The largest absolute Gasteiger partial charge is 0.481 e. The van der Waals surface area contributed by atoms with E-state index in [1.54, 1.807) is 18.2 Å². The smallest absolute Gasteiger partial charge is 0.303 e. The van der Waals surface area contributed by atoms with Crippen LogP contribution in [0.5, 0.6) is 0 Å². The summed E-state index contributed by atoms with van der Waals surface area (Å²) in [6.45, 7) is 0. The monoisotopic (exact) mass is 237 g/mol. The van der Waals surface area contributed by atoms with Gasteiger partial charge in [-0.15, -0.1) is 0 Å². The Balaban J connectivity index is 2.56. The van der Waals surface area contributed by atoms with Gasteiger partial charge in [0.05, 0.1) is 0 Å². The number of halogens is 1. The number of anilines is 1. The molecule has 0 aliphatic heterocycles. The summed E-state index contributed by atoms with van der Waals surface area (Å²) in [6, 6.07) is 5.09. The summed E-state index contributed by atoms with van der Waals surface area (Å²) in [5.41, 5.74) is 6.96. The van der Waals surface area contributed by atoms with E-state index in [0.29, 0.717) is 29.1 Å². The number of hydrogen-bond donors (Lipinski definition) is 2. The molecule has 0 saturated heterocycles. The number of nitrogens with two attached hydrogens (primary N) is 1. The van der Waals surface area contributed by atoms with Crippen molar-refractivity contribution in [1.29, 1.82) is 0 Å². The topological polar surface area (TPSA) is 63.3 Å². The summed E-state index contributed by atoms with van der Waals surface area (Å²) >= 11 is 5.80. The molecular formula is C12H12ClNO2. The summed E-state index contributed by atoms with van der Waals surface area (Å²) in [7, 11) is 0. The zero-order valence-corrected chi connectivity index (χ0v) is 9.42. The molecule has 0 fully saturated rings. The Morgan fingerprint density at radius 3 is 2.94 bits per heavy atom. The zero-order valence-electron chi connectivity index (χ0n) is 8.66. The molecule has 0 aromatic heterocycles. The van der Waals surface area contributed by atoms with Crippen LogP contribution in [0, 0.1) is 11.8 Å². The summed E-state index contributed by atoms with van der Waals surface area (Å²) in [5.74, 6) is 4.95. The molecule has 1 aromatic carbocycles. The Kier molecular flexibility index (Phi) is 4.68. The van der Waals surface area contributed by atoms with Gasteiger partial charge in [-0.1, -0.05) is 23.4 Å². The molecule has 0 radical (unpaired) electrons. The molecule has 0 atom stereocenters. The lowest BCUT2D eigenvalue weighted by atomic mass is 10.1. The molecular weight excluding hydrogens is 226 g/mol. The molecule has 1 aromatic rings. The van der Waals surface area contributed by atoms with Gasteiger partial charge in [-0.25, -0.2) is 0 Å². The third-order valence-corrected chi connectivity index (χ3v) is 2.17. The lowest BCUT2D eigenvalue weighted by molar-refractivity contribution is -0.137. The van der Waals surface area contributed by atoms with Crippen molar-refractivity contribution in [2.75, 3.05) is 5.73 Å². The maximum Gasteiger partial charge on any atom is 0.303 e. The van der Waals surface area contributed by atoms with Gasteiger partial charge in [0.2, 0.25) is 0 Å². The summed E-state index contributed by atoms with van der Waals surface area (Å²) < 4.78 is 0. The fraction of sp³-hybridized carbons (Fsp3) is 0.250. The predicted molar refractivity (Wildman–Crippen MR) is 64.2 cm³/mol. The normalized spacial score (nSPS) is 9.31. The number of hydrogen-bond acceptors (Lipinski definition) is 2. The molecule has 3 N–H and O–H groups in total. The molecule has 4 heteroatoms. The van der Waals surface area contributed by atoms with Gasteiger partial charge in [-0.3, -0.25) is 4.79 Å². The Morgan fingerprint density at radius 2 is 2.25 bits per heavy atom. The highest BCUT2D eigenvalue weighted by Gasteiger charge is 1.96. The number of aliphatic carboxylic acids is 1. The van der Waals surface area contributed by atoms with E-state index in [9.17, 15) is 4.79 Å². The molecule has 0 heterocycles. The minimum atomic E-state index is -0.802. The van der Waals surface area contributed by atoms with E-state index in [1.807, 2.05) is 0 Å². The quantitative estimate of drug-likeness (QED) is 0.482. The van der Waals surface area contributed by atoms with E-state index in [-0.39, 0.29) is 6.42 Å². The van der Waals surface area contributed by atoms with Crippen LogP contribution in [0.4, 0.5) is 5.69 Å². The third kappa shape index (κ3) is 4.24. The number of rotatable bonds is 3. The second-order valence-electron chi connectivity index (χ2n) is 3.28. The van der Waals surface area contributed by atoms with Gasteiger partial charge in [0.15, 0.2) is 0 Å². The van der Waals surface area contributed by atoms with Crippen LogP contribution < -0.4 is 5.73 Å². The molecule has 0 spiro atoms. The van der Waals surface area contributed by atoms with E-state index in [0.717, 1.165) is 0 Å². The highest BCUT2D eigenvalue weighted by atomic mass is 35.5. The maximum atomic E-state index is 10.2. The second kappa shape index (κ2) is 6.04. The molecule has 3 nitrogen and oxygen atoms in total. The summed E-state index contributed by atoms with van der Waals surface area (Å²) in [6.07, 6.45) is 1.22. The van der Waals surface area contributed by atoms with Gasteiger partial charge in [0, 0.05) is 29.1 Å². The number of benzene rings is 1. The van der Waals surface area contributed by atoms with Crippen LogP contribution in [0.1, 0.15) is 24.8 Å². The van der Waals surface area contributed by atoms with Crippen LogP contribution in [0.2, 0.25) is 5.02 Å². The van der Waals surface area contributed by atoms with Gasteiger partial charge in [0.25, 0.3) is 0 Å². The first-order valence-corrected chi connectivity index (χ1v) is 5.23. The number of nitrogen functional groups attached to an aromatic ring is 1. The van der Waals surface area contributed by atoms with E-state index in [1.165, 1.54) is 0 Å². The van der Waals surface area contributed by atoms with Crippen LogP contribution in [0.15, 0.2) is 18.2 Å². The fourth-order valence-electron chi connectivity index (χ4n) is 1.12. The highest BCUT2D eigenvalue weighted by molar-refractivity contribution is 6.30. The first kappa shape index (κ1) is 12.4. The fourth-order valence-corrected chi connectivity index (χ4v) is 1.29. The van der Waals surface area contributed by atoms with Crippen LogP contribution in [-0.2, 0) is 4.79 Å². The number of carboxylic acids is 1. The minimum Gasteiger partial charge on any atom is -0.481 e. The van der Waals surface area contributed by atoms with Crippen LogP contribution >= 0.6 is 11.6 Å². The highest BCUT2D eigenvalue weighted by Crippen LogP contribution is 2.16. The van der Waals surface area contributed by atoms with Crippen molar-refractivity contribution >= 4 is 23.3 Å². The molecule has 0 saturated carbocycles. The lowest BCUT2D eigenvalue weighted by Gasteiger charge is -1.97. The Labute approximate surface area is 99.2 Å². The predicted octanol–water partition coefficient (Wildman–Crippen LogP) is 2.53. The van der Waals surface area contributed by atoms with E-state index < -0.39 is 5.97 Å². The summed E-state index contributed by atoms with van der Waals surface area (Å²) in [4.78, 5) is 10.2. The van der Waals surface area contributed by atoms with Gasteiger partial charge >= 0.3 is 5.97 Å². The van der Waals surface area contributed by atoms with Gasteiger partial charge in [-0.05, 0) is 24.6 Å².